The molecule has 1 aromatic carbocycles. The van der Waals surface area contributed by atoms with Gasteiger partial charge in [0.15, 0.2) is 0 Å². The highest BCUT2D eigenvalue weighted by Crippen LogP contribution is 2.10. The third-order valence-electron chi connectivity index (χ3n) is 6.61. The van der Waals surface area contributed by atoms with Crippen molar-refractivity contribution in [2.24, 2.45) is 17.4 Å². The molecule has 1 aromatic heterocycles. The van der Waals surface area contributed by atoms with Crippen LogP contribution in [-0.2, 0) is 32.0 Å². The van der Waals surface area contributed by atoms with E-state index >= 15 is 0 Å². The quantitative estimate of drug-likeness (QED) is 0.137. The van der Waals surface area contributed by atoms with Crippen LogP contribution in [0.4, 0.5) is 0 Å². The van der Waals surface area contributed by atoms with Crippen LogP contribution in [0.1, 0.15) is 50.8 Å². The Morgan fingerprint density at radius 2 is 1.62 bits per heavy atom. The molecule has 0 saturated heterocycles. The number of benzene rings is 1. The number of amides is 3. The van der Waals surface area contributed by atoms with Crippen molar-refractivity contribution in [1.82, 2.24) is 25.9 Å². The smallest absolute Gasteiger partial charge is 0.326 e. The number of H-pyrrole nitrogens is 1. The van der Waals surface area contributed by atoms with Crippen LogP contribution in [0, 0.1) is 5.92 Å². The molecule has 214 valence electrons. The van der Waals surface area contributed by atoms with Crippen molar-refractivity contribution in [3.63, 3.8) is 0 Å². The highest BCUT2D eigenvalue weighted by molar-refractivity contribution is 5.94. The molecule has 3 amide bonds. The zero-order valence-corrected chi connectivity index (χ0v) is 22.6. The van der Waals surface area contributed by atoms with Crippen LogP contribution in [0.5, 0.6) is 0 Å². The summed E-state index contributed by atoms with van der Waals surface area (Å²) in [6, 6.07) is 5.03. The lowest BCUT2D eigenvalue weighted by atomic mass is 9.98. The molecule has 1 heterocycles. The number of unbranched alkanes of at least 4 members (excludes halogenated alkanes) is 1. The highest BCUT2D eigenvalue weighted by Gasteiger charge is 2.32. The van der Waals surface area contributed by atoms with Gasteiger partial charge < -0.3 is 37.5 Å². The Balaban J connectivity index is 2.25. The summed E-state index contributed by atoms with van der Waals surface area (Å²) in [4.78, 5) is 58.3. The Kier molecular flexibility index (Phi) is 13.1. The molecule has 12 nitrogen and oxygen atoms in total. The first-order chi connectivity index (χ1) is 18.7. The maximum atomic E-state index is 13.5. The number of imidazole rings is 1. The third kappa shape index (κ3) is 10.5. The first kappa shape index (κ1) is 31.4. The van der Waals surface area contributed by atoms with E-state index in [-0.39, 0.29) is 18.8 Å². The number of nitrogens with zero attached hydrogens (tertiary/aromatic N) is 1. The van der Waals surface area contributed by atoms with Gasteiger partial charge in [-0.1, -0.05) is 57.0 Å². The topological polar surface area (TPSA) is 205 Å². The van der Waals surface area contributed by atoms with Gasteiger partial charge in [0.1, 0.15) is 18.1 Å². The van der Waals surface area contributed by atoms with Crippen LogP contribution >= 0.6 is 0 Å². The van der Waals surface area contributed by atoms with Crippen molar-refractivity contribution >= 4 is 23.7 Å². The fourth-order valence-electron chi connectivity index (χ4n) is 4.01. The molecule has 2 rings (SSSR count). The van der Waals surface area contributed by atoms with E-state index < -0.39 is 47.9 Å². The lowest BCUT2D eigenvalue weighted by molar-refractivity contribution is -0.143. The van der Waals surface area contributed by atoms with Crippen LogP contribution < -0.4 is 27.4 Å². The number of carbonyl (C=O) groups is 4. The minimum Gasteiger partial charge on any atom is -0.480 e. The Bertz CT molecular complexity index is 1050. The fourth-order valence-corrected chi connectivity index (χ4v) is 4.01. The van der Waals surface area contributed by atoms with Crippen LogP contribution in [0.3, 0.4) is 0 Å². The number of aromatic nitrogens is 2. The number of aromatic amines is 1. The summed E-state index contributed by atoms with van der Waals surface area (Å²) in [6.07, 6.45) is 5.51. The van der Waals surface area contributed by atoms with Crippen molar-refractivity contribution in [1.29, 1.82) is 0 Å². The standard InChI is InChI=1S/C27H41N7O5/c1-3-17(2)23(27(38)39)34-26(37)22(14-19-15-30-16-31-19)33-25(36)21(13-18-9-5-4-6-10-18)32-24(35)20(29)11-7-8-12-28/h4-6,9-10,15-17,20-23H,3,7-8,11-14,28-29H2,1-2H3,(H,30,31)(H,32,35)(H,33,36)(H,34,37)(H,38,39). The van der Waals surface area contributed by atoms with Crippen LogP contribution in [0.2, 0.25) is 0 Å². The molecule has 0 aliphatic heterocycles. The van der Waals surface area contributed by atoms with Gasteiger partial charge in [0, 0.05) is 24.7 Å². The van der Waals surface area contributed by atoms with E-state index in [1.54, 1.807) is 6.92 Å². The molecule has 39 heavy (non-hydrogen) atoms. The van der Waals surface area contributed by atoms with E-state index in [0.717, 1.165) is 12.0 Å². The normalized spacial score (nSPS) is 14.9. The zero-order valence-electron chi connectivity index (χ0n) is 22.6. The Morgan fingerprint density at radius 1 is 0.974 bits per heavy atom. The fraction of sp³-hybridized carbons (Fsp3) is 0.519. The van der Waals surface area contributed by atoms with Crippen molar-refractivity contribution < 1.29 is 24.3 Å². The van der Waals surface area contributed by atoms with Gasteiger partial charge in [-0.2, -0.15) is 0 Å². The molecular formula is C27H41N7O5. The summed E-state index contributed by atoms with van der Waals surface area (Å²) in [7, 11) is 0. The second-order valence-corrected chi connectivity index (χ2v) is 9.69. The van der Waals surface area contributed by atoms with E-state index in [1.165, 1.54) is 12.5 Å². The van der Waals surface area contributed by atoms with Crippen molar-refractivity contribution in [3.05, 3.63) is 54.1 Å². The van der Waals surface area contributed by atoms with Gasteiger partial charge in [-0.3, -0.25) is 14.4 Å². The summed E-state index contributed by atoms with van der Waals surface area (Å²) >= 11 is 0. The molecule has 2 aromatic rings. The molecule has 0 aliphatic rings. The van der Waals surface area contributed by atoms with Gasteiger partial charge in [-0.05, 0) is 30.9 Å². The third-order valence-corrected chi connectivity index (χ3v) is 6.61. The molecule has 0 spiro atoms. The van der Waals surface area contributed by atoms with Crippen LogP contribution in [-0.4, -0.2) is 69.5 Å². The summed E-state index contributed by atoms with van der Waals surface area (Å²) < 4.78 is 0. The molecular weight excluding hydrogens is 502 g/mol. The number of nitrogens with one attached hydrogen (secondary N) is 4. The Hall–Kier alpha value is -3.77. The molecule has 5 unspecified atom stereocenters. The minimum absolute atomic E-state index is 0.0367. The molecule has 5 atom stereocenters. The lowest BCUT2D eigenvalue weighted by Crippen LogP contribution is -2.58. The summed E-state index contributed by atoms with van der Waals surface area (Å²) in [6.45, 7) is 4.05. The second-order valence-electron chi connectivity index (χ2n) is 9.69. The average molecular weight is 544 g/mol. The van der Waals surface area contributed by atoms with E-state index in [4.69, 9.17) is 11.5 Å². The lowest BCUT2D eigenvalue weighted by Gasteiger charge is -2.26. The van der Waals surface area contributed by atoms with Gasteiger partial charge in [0.25, 0.3) is 0 Å². The number of aliphatic carboxylic acids is 1. The maximum absolute atomic E-state index is 13.5. The Labute approximate surface area is 228 Å². The van der Waals surface area contributed by atoms with Crippen molar-refractivity contribution in [2.75, 3.05) is 6.54 Å². The first-order valence-electron chi connectivity index (χ1n) is 13.3. The van der Waals surface area contributed by atoms with E-state index in [9.17, 15) is 24.3 Å². The van der Waals surface area contributed by atoms with Gasteiger partial charge in [0.2, 0.25) is 17.7 Å². The predicted octanol–water partition coefficient (Wildman–Crippen LogP) is 0.236. The highest BCUT2D eigenvalue weighted by atomic mass is 16.4. The summed E-state index contributed by atoms with van der Waals surface area (Å²) in [5.74, 6) is -3.24. The SMILES string of the molecule is CCC(C)C(NC(=O)C(Cc1cnc[nH]1)NC(=O)C(Cc1ccccc1)NC(=O)C(N)CCCCN)C(=O)O. The molecule has 0 bridgehead atoms. The van der Waals surface area contributed by atoms with Gasteiger partial charge >= 0.3 is 5.97 Å². The Morgan fingerprint density at radius 3 is 2.21 bits per heavy atom. The molecule has 12 heteroatoms. The van der Waals surface area contributed by atoms with Crippen LogP contribution in [0.15, 0.2) is 42.9 Å². The number of carboxylic acid groups (broad SMARTS) is 1. The minimum atomic E-state index is -1.16. The zero-order chi connectivity index (χ0) is 28.8. The van der Waals surface area contributed by atoms with Crippen LogP contribution in [0.25, 0.3) is 0 Å². The molecule has 0 radical (unpaired) electrons. The maximum Gasteiger partial charge on any atom is 0.326 e. The largest absolute Gasteiger partial charge is 0.480 e. The number of rotatable bonds is 17. The molecule has 0 aliphatic carbocycles. The molecule has 9 N–H and O–H groups in total. The average Bonchev–Trinajstić information content (AvgIpc) is 3.44. The second kappa shape index (κ2) is 16.2. The summed E-state index contributed by atoms with van der Waals surface area (Å²) in [5.41, 5.74) is 12.9. The van der Waals surface area contributed by atoms with Gasteiger partial charge in [-0.15, -0.1) is 0 Å². The van der Waals surface area contributed by atoms with E-state index in [1.807, 2.05) is 37.3 Å². The van der Waals surface area contributed by atoms with E-state index in [2.05, 4.69) is 25.9 Å². The summed E-state index contributed by atoms with van der Waals surface area (Å²) in [5, 5.41) is 17.6. The number of hydrogen-bond acceptors (Lipinski definition) is 7. The number of hydrogen-bond donors (Lipinski definition) is 7. The molecule has 0 fully saturated rings. The van der Waals surface area contributed by atoms with Crippen molar-refractivity contribution in [3.8, 4) is 0 Å². The van der Waals surface area contributed by atoms with Gasteiger partial charge in [-0.25, -0.2) is 9.78 Å². The van der Waals surface area contributed by atoms with E-state index in [0.29, 0.717) is 31.5 Å². The predicted molar refractivity (Wildman–Crippen MR) is 146 cm³/mol. The first-order valence-corrected chi connectivity index (χ1v) is 13.3. The number of nitrogens with two attached hydrogens (primary N) is 2. The monoisotopic (exact) mass is 543 g/mol. The number of carboxylic acids is 1. The van der Waals surface area contributed by atoms with Gasteiger partial charge in [0.05, 0.1) is 12.4 Å². The number of carbonyl (C=O) groups excluding carboxylic acids is 3. The molecule has 0 saturated carbocycles. The van der Waals surface area contributed by atoms with Crippen molar-refractivity contribution in [2.45, 2.75) is 76.5 Å².